The number of thioether (sulfide) groups is 1. The summed E-state index contributed by atoms with van der Waals surface area (Å²) in [4.78, 5) is 15.3. The molecule has 1 unspecified atom stereocenters. The summed E-state index contributed by atoms with van der Waals surface area (Å²) in [6.45, 7) is 0. The second kappa shape index (κ2) is 4.47. The van der Waals surface area contributed by atoms with E-state index in [4.69, 9.17) is 5.73 Å². The van der Waals surface area contributed by atoms with Crippen molar-refractivity contribution in [1.82, 2.24) is 9.55 Å². The second-order valence-electron chi connectivity index (χ2n) is 2.75. The number of imidazole rings is 1. The van der Waals surface area contributed by atoms with Gasteiger partial charge in [-0.05, 0) is 6.26 Å². The van der Waals surface area contributed by atoms with Crippen LogP contribution in [0.25, 0.3) is 0 Å². The van der Waals surface area contributed by atoms with Gasteiger partial charge in [0.1, 0.15) is 11.1 Å². The van der Waals surface area contributed by atoms with Crippen LogP contribution in [-0.4, -0.2) is 28.9 Å². The first kappa shape index (κ1) is 11.1. The molecule has 5 nitrogen and oxygen atoms in total. The number of carbonyl (C=O) groups excluding carboxylic acids is 1. The van der Waals surface area contributed by atoms with Gasteiger partial charge in [-0.15, -0.1) is 11.8 Å². The molecule has 14 heavy (non-hydrogen) atoms. The smallest absolute Gasteiger partial charge is 0.328 e. The van der Waals surface area contributed by atoms with Crippen LogP contribution >= 0.6 is 11.8 Å². The number of nitrogens with two attached hydrogens (primary N) is 1. The molecule has 1 rings (SSSR count). The first-order chi connectivity index (χ1) is 6.61. The molecule has 0 fully saturated rings. The Hall–Kier alpha value is -1.01. The molecule has 0 bridgehead atoms. The molecule has 0 spiro atoms. The minimum atomic E-state index is -0.769. The molecule has 0 aliphatic rings. The molecule has 0 aromatic carbocycles. The number of esters is 1. The summed E-state index contributed by atoms with van der Waals surface area (Å²) in [6.07, 6.45) is 3.51. The number of aryl methyl sites for hydroxylation is 1. The Kier molecular flexibility index (Phi) is 3.54. The van der Waals surface area contributed by atoms with E-state index >= 15 is 0 Å². The fourth-order valence-electron chi connectivity index (χ4n) is 1.17. The van der Waals surface area contributed by atoms with Gasteiger partial charge in [-0.2, -0.15) is 0 Å². The van der Waals surface area contributed by atoms with Gasteiger partial charge >= 0.3 is 5.97 Å². The summed E-state index contributed by atoms with van der Waals surface area (Å²) < 4.78 is 6.31. The molecular weight excluding hydrogens is 202 g/mol. The normalized spacial score (nSPS) is 12.6. The average molecular weight is 215 g/mol. The lowest BCUT2D eigenvalue weighted by Crippen LogP contribution is -2.25. The Labute approximate surface area is 86.6 Å². The summed E-state index contributed by atoms with van der Waals surface area (Å²) in [5.74, 6) is -0.455. The molecule has 0 aliphatic carbocycles. The van der Waals surface area contributed by atoms with Crippen molar-refractivity contribution in [3.8, 4) is 0 Å². The average Bonchev–Trinajstić information content (AvgIpc) is 2.57. The number of aromatic nitrogens is 2. The van der Waals surface area contributed by atoms with Gasteiger partial charge in [-0.25, -0.2) is 9.78 Å². The van der Waals surface area contributed by atoms with Crippen molar-refractivity contribution in [2.45, 2.75) is 11.1 Å². The van der Waals surface area contributed by atoms with Crippen molar-refractivity contribution in [2.75, 3.05) is 13.4 Å². The van der Waals surface area contributed by atoms with E-state index in [0.717, 1.165) is 5.03 Å². The van der Waals surface area contributed by atoms with Gasteiger partial charge in [0.25, 0.3) is 0 Å². The number of carbonyl (C=O) groups is 1. The van der Waals surface area contributed by atoms with Crippen molar-refractivity contribution >= 4 is 17.7 Å². The zero-order valence-corrected chi connectivity index (χ0v) is 9.17. The molecule has 1 aromatic heterocycles. The number of hydrogen-bond acceptors (Lipinski definition) is 5. The highest BCUT2D eigenvalue weighted by molar-refractivity contribution is 7.98. The van der Waals surface area contributed by atoms with Crippen molar-refractivity contribution in [3.63, 3.8) is 0 Å². The number of rotatable bonds is 3. The van der Waals surface area contributed by atoms with Crippen LogP contribution in [0.4, 0.5) is 0 Å². The number of nitrogens with zero attached hydrogens (tertiary/aromatic N) is 2. The van der Waals surface area contributed by atoms with Crippen LogP contribution in [0.1, 0.15) is 11.7 Å². The van der Waals surface area contributed by atoms with Gasteiger partial charge in [-0.3, -0.25) is 0 Å². The van der Waals surface area contributed by atoms with Gasteiger partial charge < -0.3 is 15.0 Å². The summed E-state index contributed by atoms with van der Waals surface area (Å²) in [6, 6.07) is -0.769. The molecule has 1 heterocycles. The largest absolute Gasteiger partial charge is 0.468 e. The quantitative estimate of drug-likeness (QED) is 0.580. The number of hydrogen-bond donors (Lipinski definition) is 1. The Morgan fingerprint density at radius 3 is 2.93 bits per heavy atom. The monoisotopic (exact) mass is 215 g/mol. The summed E-state index contributed by atoms with van der Waals surface area (Å²) in [5.41, 5.74) is 6.41. The highest BCUT2D eigenvalue weighted by Crippen LogP contribution is 2.23. The van der Waals surface area contributed by atoms with E-state index in [0.29, 0.717) is 5.69 Å². The molecule has 6 heteroatoms. The van der Waals surface area contributed by atoms with Crippen LogP contribution in [0.15, 0.2) is 11.4 Å². The lowest BCUT2D eigenvalue weighted by molar-refractivity contribution is -0.142. The first-order valence-electron chi connectivity index (χ1n) is 4.00. The standard InChI is InChI=1S/C8H13N3O2S/c1-11-4-10-7(14-3)6(11)5(9)8(12)13-2/h4-5H,9H2,1-3H3. The van der Waals surface area contributed by atoms with E-state index in [1.165, 1.54) is 18.9 Å². The zero-order chi connectivity index (χ0) is 10.7. The minimum absolute atomic E-state index is 0.455. The first-order valence-corrected chi connectivity index (χ1v) is 5.23. The number of ether oxygens (including phenoxy) is 1. The van der Waals surface area contributed by atoms with Crippen LogP contribution in [0.3, 0.4) is 0 Å². The molecule has 0 saturated heterocycles. The van der Waals surface area contributed by atoms with Crippen LogP contribution in [0.2, 0.25) is 0 Å². The molecule has 0 saturated carbocycles. The maximum Gasteiger partial charge on any atom is 0.328 e. The van der Waals surface area contributed by atoms with Crippen molar-refractivity contribution < 1.29 is 9.53 Å². The van der Waals surface area contributed by atoms with Crippen LogP contribution in [-0.2, 0) is 16.6 Å². The maximum atomic E-state index is 11.2. The SMILES string of the molecule is COC(=O)C(N)c1c(SC)ncn1C. The van der Waals surface area contributed by atoms with E-state index in [1.807, 2.05) is 6.26 Å². The van der Waals surface area contributed by atoms with Crippen molar-refractivity contribution in [2.24, 2.45) is 12.8 Å². The van der Waals surface area contributed by atoms with E-state index in [-0.39, 0.29) is 0 Å². The molecule has 78 valence electrons. The molecular formula is C8H13N3O2S. The van der Waals surface area contributed by atoms with E-state index in [2.05, 4.69) is 9.72 Å². The fraction of sp³-hybridized carbons (Fsp3) is 0.500. The van der Waals surface area contributed by atoms with Gasteiger partial charge in [-0.1, -0.05) is 0 Å². The van der Waals surface area contributed by atoms with E-state index in [9.17, 15) is 4.79 Å². The van der Waals surface area contributed by atoms with Crippen molar-refractivity contribution in [1.29, 1.82) is 0 Å². The van der Waals surface area contributed by atoms with Crippen LogP contribution in [0.5, 0.6) is 0 Å². The highest BCUT2D eigenvalue weighted by Gasteiger charge is 2.23. The topological polar surface area (TPSA) is 70.1 Å². The lowest BCUT2D eigenvalue weighted by atomic mass is 10.2. The third-order valence-electron chi connectivity index (χ3n) is 1.89. The Balaban J connectivity index is 3.04. The number of methoxy groups -OCH3 is 1. The summed E-state index contributed by atoms with van der Waals surface area (Å²) in [5, 5.41) is 0.755. The molecule has 0 aliphatic heterocycles. The third-order valence-corrected chi connectivity index (χ3v) is 2.59. The molecule has 1 aromatic rings. The van der Waals surface area contributed by atoms with Crippen molar-refractivity contribution in [3.05, 3.63) is 12.0 Å². The third kappa shape index (κ3) is 1.91. The Morgan fingerprint density at radius 2 is 2.43 bits per heavy atom. The fourth-order valence-corrected chi connectivity index (χ4v) is 1.80. The van der Waals surface area contributed by atoms with Crippen LogP contribution in [0, 0.1) is 0 Å². The molecule has 2 N–H and O–H groups in total. The van der Waals surface area contributed by atoms with Crippen LogP contribution < -0.4 is 5.73 Å². The second-order valence-corrected chi connectivity index (χ2v) is 3.55. The van der Waals surface area contributed by atoms with E-state index in [1.54, 1.807) is 17.9 Å². The predicted octanol–water partition coefficient (Wildman–Crippen LogP) is 0.315. The Bertz CT molecular complexity index is 337. The van der Waals surface area contributed by atoms with E-state index < -0.39 is 12.0 Å². The van der Waals surface area contributed by atoms with Gasteiger partial charge in [0.2, 0.25) is 0 Å². The lowest BCUT2D eigenvalue weighted by Gasteiger charge is -2.11. The zero-order valence-electron chi connectivity index (χ0n) is 8.35. The summed E-state index contributed by atoms with van der Waals surface area (Å²) >= 11 is 1.45. The molecule has 1 atom stereocenters. The van der Waals surface area contributed by atoms with Gasteiger partial charge in [0.05, 0.1) is 19.1 Å². The van der Waals surface area contributed by atoms with Gasteiger partial charge in [0.15, 0.2) is 0 Å². The maximum absolute atomic E-state index is 11.2. The Morgan fingerprint density at radius 1 is 1.79 bits per heavy atom. The minimum Gasteiger partial charge on any atom is -0.468 e. The molecule has 0 radical (unpaired) electrons. The summed E-state index contributed by atoms with van der Waals surface area (Å²) in [7, 11) is 3.11. The van der Waals surface area contributed by atoms with Gasteiger partial charge in [0, 0.05) is 7.05 Å². The highest BCUT2D eigenvalue weighted by atomic mass is 32.2. The predicted molar refractivity (Wildman–Crippen MR) is 53.9 cm³/mol. The molecule has 0 amide bonds.